The van der Waals surface area contributed by atoms with Crippen molar-refractivity contribution in [3.63, 3.8) is 0 Å². The number of rotatable bonds is 8. The maximum atomic E-state index is 12.1. The zero-order chi connectivity index (χ0) is 13.2. The fourth-order valence-electron chi connectivity index (χ4n) is 2.40. The van der Waals surface area contributed by atoms with Crippen LogP contribution in [0.15, 0.2) is 0 Å². The van der Waals surface area contributed by atoms with Crippen LogP contribution in [0.25, 0.3) is 0 Å². The summed E-state index contributed by atoms with van der Waals surface area (Å²) in [6.07, 6.45) is 5.44. The molecule has 0 saturated carbocycles. The number of hydrogen-bond donors (Lipinski definition) is 1. The summed E-state index contributed by atoms with van der Waals surface area (Å²) in [7, 11) is 0. The van der Waals surface area contributed by atoms with Gasteiger partial charge in [-0.05, 0) is 39.7 Å². The highest BCUT2D eigenvalue weighted by molar-refractivity contribution is 5.76. The second-order valence-corrected chi connectivity index (χ2v) is 4.86. The lowest BCUT2D eigenvalue weighted by molar-refractivity contribution is -0.132. The van der Waals surface area contributed by atoms with Gasteiger partial charge in [-0.25, -0.2) is 0 Å². The number of nitrogens with zero attached hydrogens (tertiary/aromatic N) is 1. The molecule has 1 fully saturated rings. The number of hydrogen-bond acceptors (Lipinski definition) is 3. The number of carbonyl (C=O) groups is 1. The van der Waals surface area contributed by atoms with Crippen molar-refractivity contribution in [2.45, 2.75) is 52.0 Å². The lowest BCUT2D eigenvalue weighted by atomic mass is 10.0. The van der Waals surface area contributed by atoms with Gasteiger partial charge in [-0.1, -0.05) is 6.42 Å². The summed E-state index contributed by atoms with van der Waals surface area (Å²) in [6, 6.07) is 0.549. The highest BCUT2D eigenvalue weighted by Gasteiger charge is 2.16. The molecule has 1 heterocycles. The van der Waals surface area contributed by atoms with Gasteiger partial charge < -0.3 is 15.0 Å². The van der Waals surface area contributed by atoms with E-state index in [0.717, 1.165) is 32.7 Å². The Balaban J connectivity index is 2.19. The van der Waals surface area contributed by atoms with E-state index in [1.807, 2.05) is 18.7 Å². The Morgan fingerprint density at radius 1 is 1.39 bits per heavy atom. The maximum Gasteiger partial charge on any atom is 0.222 e. The van der Waals surface area contributed by atoms with Crippen molar-refractivity contribution in [1.29, 1.82) is 0 Å². The number of amides is 1. The molecule has 0 aromatic carbocycles. The van der Waals surface area contributed by atoms with Gasteiger partial charge in [-0.3, -0.25) is 4.79 Å². The molecule has 1 rings (SSSR count). The van der Waals surface area contributed by atoms with E-state index in [9.17, 15) is 4.79 Å². The molecular formula is C14H28N2O2. The van der Waals surface area contributed by atoms with Gasteiger partial charge in [-0.15, -0.1) is 0 Å². The van der Waals surface area contributed by atoms with Gasteiger partial charge in [0.2, 0.25) is 5.91 Å². The molecule has 1 unspecified atom stereocenters. The van der Waals surface area contributed by atoms with E-state index in [-0.39, 0.29) is 5.91 Å². The molecule has 0 bridgehead atoms. The number of likely N-dealkylation sites (N-methyl/N-ethyl adjacent to an activating group) is 1. The predicted octanol–water partition coefficient (Wildman–Crippen LogP) is 1.79. The topological polar surface area (TPSA) is 41.6 Å². The fraction of sp³-hybridized carbons (Fsp3) is 0.929. The largest absolute Gasteiger partial charge is 0.380 e. The second-order valence-electron chi connectivity index (χ2n) is 4.86. The molecule has 4 heteroatoms. The molecule has 1 saturated heterocycles. The molecule has 1 aliphatic rings. The van der Waals surface area contributed by atoms with Crippen LogP contribution in [0.1, 0.15) is 46.0 Å². The van der Waals surface area contributed by atoms with Crippen molar-refractivity contribution < 1.29 is 9.53 Å². The second kappa shape index (κ2) is 9.34. The number of piperidine rings is 1. The van der Waals surface area contributed by atoms with Crippen molar-refractivity contribution in [1.82, 2.24) is 10.2 Å². The Kier molecular flexibility index (Phi) is 8.01. The van der Waals surface area contributed by atoms with Crippen molar-refractivity contribution >= 4 is 5.91 Å². The number of nitrogens with one attached hydrogen (secondary N) is 1. The van der Waals surface area contributed by atoms with Crippen molar-refractivity contribution in [2.75, 3.05) is 32.8 Å². The van der Waals surface area contributed by atoms with Crippen LogP contribution in [0.2, 0.25) is 0 Å². The first-order valence-electron chi connectivity index (χ1n) is 7.36. The molecular weight excluding hydrogens is 228 g/mol. The normalized spacial score (nSPS) is 19.8. The Morgan fingerprint density at radius 2 is 2.22 bits per heavy atom. The maximum absolute atomic E-state index is 12.1. The molecule has 0 spiro atoms. The van der Waals surface area contributed by atoms with E-state index >= 15 is 0 Å². The van der Waals surface area contributed by atoms with Crippen molar-refractivity contribution in [3.8, 4) is 0 Å². The van der Waals surface area contributed by atoms with Gasteiger partial charge in [0.05, 0.1) is 6.61 Å². The minimum absolute atomic E-state index is 0.268. The number of ether oxygens (including phenoxy) is 1. The molecule has 0 radical (unpaired) electrons. The van der Waals surface area contributed by atoms with Crippen LogP contribution in [-0.2, 0) is 9.53 Å². The zero-order valence-electron chi connectivity index (χ0n) is 11.9. The van der Waals surface area contributed by atoms with Crippen LogP contribution >= 0.6 is 0 Å². The van der Waals surface area contributed by atoms with Crippen LogP contribution < -0.4 is 5.32 Å². The lowest BCUT2D eigenvalue weighted by Gasteiger charge is -2.25. The van der Waals surface area contributed by atoms with Gasteiger partial charge in [0.15, 0.2) is 0 Å². The third kappa shape index (κ3) is 5.83. The first-order valence-corrected chi connectivity index (χ1v) is 7.36. The first-order chi connectivity index (χ1) is 8.77. The summed E-state index contributed by atoms with van der Waals surface area (Å²) in [5.41, 5.74) is 0. The monoisotopic (exact) mass is 256 g/mol. The van der Waals surface area contributed by atoms with E-state index in [1.54, 1.807) is 0 Å². The molecule has 0 aromatic heterocycles. The minimum Gasteiger partial charge on any atom is -0.380 e. The van der Waals surface area contributed by atoms with Crippen LogP contribution in [0.5, 0.6) is 0 Å². The molecule has 0 aromatic rings. The lowest BCUT2D eigenvalue weighted by Crippen LogP contribution is -2.37. The summed E-state index contributed by atoms with van der Waals surface area (Å²) in [4.78, 5) is 14.0. The van der Waals surface area contributed by atoms with Crippen LogP contribution in [0, 0.1) is 0 Å². The Morgan fingerprint density at radius 3 is 2.83 bits per heavy atom. The van der Waals surface area contributed by atoms with E-state index in [0.29, 0.717) is 19.1 Å². The molecule has 1 N–H and O–H groups in total. The highest BCUT2D eigenvalue weighted by Crippen LogP contribution is 2.12. The standard InChI is InChI=1S/C14H28N2O2/c1-3-16(11-12-18-4-2)14(17)9-8-13-7-5-6-10-15-13/h13,15H,3-12H2,1-2H3. The van der Waals surface area contributed by atoms with Gasteiger partial charge in [-0.2, -0.15) is 0 Å². The summed E-state index contributed by atoms with van der Waals surface area (Å²) >= 11 is 0. The fourth-order valence-corrected chi connectivity index (χ4v) is 2.40. The summed E-state index contributed by atoms with van der Waals surface area (Å²) < 4.78 is 5.30. The summed E-state index contributed by atoms with van der Waals surface area (Å²) in [5, 5.41) is 3.49. The summed E-state index contributed by atoms with van der Waals surface area (Å²) in [6.45, 7) is 8.00. The van der Waals surface area contributed by atoms with E-state index in [4.69, 9.17) is 4.74 Å². The van der Waals surface area contributed by atoms with Gasteiger partial charge in [0.25, 0.3) is 0 Å². The molecule has 1 amide bonds. The van der Waals surface area contributed by atoms with E-state index in [2.05, 4.69) is 5.32 Å². The zero-order valence-corrected chi connectivity index (χ0v) is 11.9. The minimum atomic E-state index is 0.268. The van der Waals surface area contributed by atoms with Crippen LogP contribution in [0.3, 0.4) is 0 Å². The molecule has 4 nitrogen and oxygen atoms in total. The van der Waals surface area contributed by atoms with E-state index in [1.165, 1.54) is 19.3 Å². The summed E-state index contributed by atoms with van der Waals surface area (Å²) in [5.74, 6) is 0.268. The quantitative estimate of drug-likeness (QED) is 0.673. The SMILES string of the molecule is CCOCCN(CC)C(=O)CCC1CCCCN1. The third-order valence-electron chi connectivity index (χ3n) is 3.56. The molecule has 1 atom stereocenters. The highest BCUT2D eigenvalue weighted by atomic mass is 16.5. The first kappa shape index (κ1) is 15.4. The van der Waals surface area contributed by atoms with E-state index < -0.39 is 0 Å². The Bertz CT molecular complexity index is 228. The smallest absolute Gasteiger partial charge is 0.222 e. The Hall–Kier alpha value is -0.610. The Labute approximate surface area is 111 Å². The van der Waals surface area contributed by atoms with Gasteiger partial charge >= 0.3 is 0 Å². The van der Waals surface area contributed by atoms with Crippen molar-refractivity contribution in [2.24, 2.45) is 0 Å². The van der Waals surface area contributed by atoms with Gasteiger partial charge in [0.1, 0.15) is 0 Å². The third-order valence-corrected chi connectivity index (χ3v) is 3.56. The number of carbonyl (C=O) groups excluding carboxylic acids is 1. The molecule has 106 valence electrons. The molecule has 1 aliphatic heterocycles. The van der Waals surface area contributed by atoms with Crippen LogP contribution in [-0.4, -0.2) is 49.7 Å². The van der Waals surface area contributed by atoms with Gasteiger partial charge in [0, 0.05) is 32.2 Å². The van der Waals surface area contributed by atoms with Crippen LogP contribution in [0.4, 0.5) is 0 Å². The molecule has 18 heavy (non-hydrogen) atoms. The van der Waals surface area contributed by atoms with Crippen molar-refractivity contribution in [3.05, 3.63) is 0 Å². The molecule has 0 aliphatic carbocycles. The average Bonchev–Trinajstić information content (AvgIpc) is 2.42. The average molecular weight is 256 g/mol. The predicted molar refractivity (Wildman–Crippen MR) is 73.6 cm³/mol.